The Kier molecular flexibility index (Phi) is 7.26. The van der Waals surface area contributed by atoms with Gasteiger partial charge in [0.15, 0.2) is 0 Å². The molecule has 1 rings (SSSR count). The Morgan fingerprint density at radius 1 is 1.10 bits per heavy atom. The van der Waals surface area contributed by atoms with Gasteiger partial charge in [-0.05, 0) is 33.3 Å². The first-order valence-corrected chi connectivity index (χ1v) is 7.19. The first-order chi connectivity index (χ1) is 9.62. The monoisotopic (exact) mass is 279 g/mol. The minimum absolute atomic E-state index is 0.114. The molecule has 0 saturated heterocycles. The molecule has 0 saturated carbocycles. The molecule has 0 N–H and O–H groups in total. The number of nitrogens with zero attached hydrogens (tertiary/aromatic N) is 1. The summed E-state index contributed by atoms with van der Waals surface area (Å²) >= 11 is 0. The zero-order valence-electron chi connectivity index (χ0n) is 12.9. The van der Waals surface area contributed by atoms with Crippen LogP contribution in [0.3, 0.4) is 0 Å². The van der Waals surface area contributed by atoms with E-state index in [1.807, 2.05) is 39.8 Å². The lowest BCUT2D eigenvalue weighted by Crippen LogP contribution is -2.41. The van der Waals surface area contributed by atoms with Crippen molar-refractivity contribution >= 4 is 5.91 Å². The van der Waals surface area contributed by atoms with Gasteiger partial charge in [0, 0.05) is 26.3 Å². The number of carbonyl (C=O) groups is 1. The predicted octanol–water partition coefficient (Wildman–Crippen LogP) is 2.74. The van der Waals surface area contributed by atoms with Gasteiger partial charge >= 0.3 is 0 Å². The van der Waals surface area contributed by atoms with Crippen LogP contribution in [-0.2, 0) is 20.8 Å². The van der Waals surface area contributed by atoms with E-state index in [1.54, 1.807) is 4.90 Å². The molecule has 0 aliphatic heterocycles. The molecule has 4 nitrogen and oxygen atoms in total. The average molecular weight is 279 g/mol. The van der Waals surface area contributed by atoms with Crippen LogP contribution < -0.4 is 0 Å². The number of benzene rings is 1. The van der Waals surface area contributed by atoms with Crippen LogP contribution in [0.15, 0.2) is 24.3 Å². The maximum Gasteiger partial charge on any atom is 0.279 e. The van der Waals surface area contributed by atoms with E-state index < -0.39 is 6.29 Å². The van der Waals surface area contributed by atoms with Crippen molar-refractivity contribution in [1.29, 1.82) is 0 Å². The molecule has 0 heterocycles. The number of ether oxygens (including phenoxy) is 2. The van der Waals surface area contributed by atoms with Crippen molar-refractivity contribution in [1.82, 2.24) is 4.90 Å². The molecule has 0 unspecified atom stereocenters. The van der Waals surface area contributed by atoms with Crippen LogP contribution in [-0.4, -0.2) is 36.9 Å². The second-order valence-corrected chi connectivity index (χ2v) is 4.58. The van der Waals surface area contributed by atoms with E-state index in [9.17, 15) is 4.79 Å². The average Bonchev–Trinajstić information content (AvgIpc) is 2.46. The van der Waals surface area contributed by atoms with Gasteiger partial charge in [0.2, 0.25) is 6.29 Å². The number of hydrogen-bond acceptors (Lipinski definition) is 3. The molecular weight excluding hydrogens is 254 g/mol. The van der Waals surface area contributed by atoms with E-state index >= 15 is 0 Å². The highest BCUT2D eigenvalue weighted by atomic mass is 16.7. The van der Waals surface area contributed by atoms with Crippen LogP contribution in [0.2, 0.25) is 0 Å². The minimum Gasteiger partial charge on any atom is -0.345 e. The third-order valence-corrected chi connectivity index (χ3v) is 3.03. The third kappa shape index (κ3) is 4.94. The Morgan fingerprint density at radius 2 is 1.65 bits per heavy atom. The van der Waals surface area contributed by atoms with Crippen LogP contribution in [0.1, 0.15) is 31.9 Å². The highest BCUT2D eigenvalue weighted by molar-refractivity contribution is 5.79. The van der Waals surface area contributed by atoms with Gasteiger partial charge in [-0.1, -0.05) is 29.8 Å². The second-order valence-electron chi connectivity index (χ2n) is 4.58. The van der Waals surface area contributed by atoms with Crippen molar-refractivity contribution in [2.75, 3.05) is 19.8 Å². The summed E-state index contributed by atoms with van der Waals surface area (Å²) in [6.07, 6.45) is -0.796. The van der Waals surface area contributed by atoms with E-state index in [0.29, 0.717) is 26.3 Å². The second kappa shape index (κ2) is 8.72. The van der Waals surface area contributed by atoms with Gasteiger partial charge in [0.05, 0.1) is 0 Å². The van der Waals surface area contributed by atoms with Crippen LogP contribution in [0, 0.1) is 6.92 Å². The van der Waals surface area contributed by atoms with E-state index in [-0.39, 0.29) is 5.91 Å². The Bertz CT molecular complexity index is 397. The topological polar surface area (TPSA) is 38.8 Å². The molecule has 4 heteroatoms. The van der Waals surface area contributed by atoms with E-state index in [1.165, 1.54) is 5.56 Å². The van der Waals surface area contributed by atoms with Gasteiger partial charge in [-0.2, -0.15) is 0 Å². The lowest BCUT2D eigenvalue weighted by atomic mass is 10.1. The standard InChI is InChI=1S/C16H25NO3/c1-5-17(12-14-10-8-13(4)9-11-14)15(18)16(19-6-2)20-7-3/h8-11,16H,5-7,12H2,1-4H3. The summed E-state index contributed by atoms with van der Waals surface area (Å²) in [7, 11) is 0. The molecule has 0 aromatic heterocycles. The van der Waals surface area contributed by atoms with E-state index in [4.69, 9.17) is 9.47 Å². The number of likely N-dealkylation sites (N-methyl/N-ethyl adjacent to an activating group) is 1. The zero-order valence-corrected chi connectivity index (χ0v) is 12.9. The van der Waals surface area contributed by atoms with Crippen LogP contribution in [0.25, 0.3) is 0 Å². The molecule has 112 valence electrons. The first-order valence-electron chi connectivity index (χ1n) is 7.19. The Morgan fingerprint density at radius 3 is 2.10 bits per heavy atom. The fourth-order valence-corrected chi connectivity index (χ4v) is 1.90. The molecule has 1 aromatic carbocycles. The van der Waals surface area contributed by atoms with Gasteiger partial charge in [-0.15, -0.1) is 0 Å². The van der Waals surface area contributed by atoms with Crippen molar-refractivity contribution in [2.24, 2.45) is 0 Å². The molecule has 1 amide bonds. The highest BCUT2D eigenvalue weighted by Gasteiger charge is 2.24. The lowest BCUT2D eigenvalue weighted by Gasteiger charge is -2.26. The summed E-state index contributed by atoms with van der Waals surface area (Å²) in [5, 5.41) is 0. The smallest absolute Gasteiger partial charge is 0.279 e. The highest BCUT2D eigenvalue weighted by Crippen LogP contribution is 2.10. The number of carbonyl (C=O) groups excluding carboxylic acids is 1. The van der Waals surface area contributed by atoms with Crippen molar-refractivity contribution in [3.63, 3.8) is 0 Å². The number of hydrogen-bond donors (Lipinski definition) is 0. The molecule has 0 radical (unpaired) electrons. The summed E-state index contributed by atoms with van der Waals surface area (Å²) in [6.45, 7) is 9.84. The SMILES string of the molecule is CCOC(OCC)C(=O)N(CC)Cc1ccc(C)cc1. The predicted molar refractivity (Wildman–Crippen MR) is 79.3 cm³/mol. The summed E-state index contributed by atoms with van der Waals surface area (Å²) in [6, 6.07) is 8.19. The zero-order chi connectivity index (χ0) is 15.0. The van der Waals surface area contributed by atoms with Gasteiger partial charge in [0.1, 0.15) is 0 Å². The van der Waals surface area contributed by atoms with Gasteiger partial charge in [-0.3, -0.25) is 4.79 Å². The van der Waals surface area contributed by atoms with E-state index in [0.717, 1.165) is 5.56 Å². The summed E-state index contributed by atoms with van der Waals surface area (Å²) in [5.41, 5.74) is 2.32. The molecule has 20 heavy (non-hydrogen) atoms. The van der Waals surface area contributed by atoms with Crippen molar-refractivity contribution in [3.05, 3.63) is 35.4 Å². The molecule has 0 aliphatic rings. The summed E-state index contributed by atoms with van der Waals surface area (Å²) in [4.78, 5) is 14.2. The minimum atomic E-state index is -0.796. The van der Waals surface area contributed by atoms with Crippen molar-refractivity contribution < 1.29 is 14.3 Å². The fourth-order valence-electron chi connectivity index (χ4n) is 1.90. The Labute approximate surface area is 121 Å². The number of rotatable bonds is 8. The van der Waals surface area contributed by atoms with Crippen LogP contribution in [0.5, 0.6) is 0 Å². The summed E-state index contributed by atoms with van der Waals surface area (Å²) < 4.78 is 10.7. The molecule has 0 bridgehead atoms. The molecule has 0 atom stereocenters. The normalized spacial score (nSPS) is 10.8. The maximum atomic E-state index is 12.4. The van der Waals surface area contributed by atoms with Gasteiger partial charge in [0.25, 0.3) is 5.91 Å². The maximum absolute atomic E-state index is 12.4. The third-order valence-electron chi connectivity index (χ3n) is 3.03. The van der Waals surface area contributed by atoms with Crippen LogP contribution >= 0.6 is 0 Å². The Hall–Kier alpha value is -1.39. The molecule has 0 aliphatic carbocycles. The van der Waals surface area contributed by atoms with Crippen molar-refractivity contribution in [3.8, 4) is 0 Å². The molecule has 1 aromatic rings. The number of amides is 1. The van der Waals surface area contributed by atoms with Crippen molar-refractivity contribution in [2.45, 2.75) is 40.5 Å². The molecule has 0 fully saturated rings. The van der Waals surface area contributed by atoms with Crippen LogP contribution in [0.4, 0.5) is 0 Å². The van der Waals surface area contributed by atoms with Gasteiger partial charge < -0.3 is 14.4 Å². The van der Waals surface area contributed by atoms with E-state index in [2.05, 4.69) is 12.1 Å². The molecular formula is C16H25NO3. The number of aryl methyl sites for hydroxylation is 1. The first kappa shape index (κ1) is 16.7. The van der Waals surface area contributed by atoms with Gasteiger partial charge in [-0.25, -0.2) is 0 Å². The molecule has 0 spiro atoms. The lowest BCUT2D eigenvalue weighted by molar-refractivity contribution is -0.181. The quantitative estimate of drug-likeness (QED) is 0.687. The summed E-state index contributed by atoms with van der Waals surface area (Å²) in [5.74, 6) is -0.114. The fraction of sp³-hybridized carbons (Fsp3) is 0.562. The largest absolute Gasteiger partial charge is 0.345 e. The Balaban J connectivity index is 2.72.